The molecule has 4 aromatic carbocycles. The lowest BCUT2D eigenvalue weighted by atomic mass is 9.91. The lowest BCUT2D eigenvalue weighted by Gasteiger charge is -2.32. The summed E-state index contributed by atoms with van der Waals surface area (Å²) >= 11 is 0. The van der Waals surface area contributed by atoms with E-state index in [-0.39, 0.29) is 17.2 Å². The Hall–Kier alpha value is -5.15. The van der Waals surface area contributed by atoms with Gasteiger partial charge in [-0.2, -0.15) is 0 Å². The molecular formula is C33H31N5O4. The van der Waals surface area contributed by atoms with Crippen LogP contribution in [-0.2, 0) is 0 Å². The van der Waals surface area contributed by atoms with E-state index in [1.54, 1.807) is 43.3 Å². The van der Waals surface area contributed by atoms with Crippen molar-refractivity contribution in [1.82, 2.24) is 14.8 Å². The molecule has 1 fully saturated rings. The number of amides is 3. The molecule has 6 rings (SSSR count). The SMILES string of the molecule is Cc1c(-c2ccc(C(N)=O)c3[nH]c4cc(C(=O)N5CCN(C)CC5)ccc4c23)ccc(O)c1C(=O)Nc1ccccc1. The van der Waals surface area contributed by atoms with Gasteiger partial charge in [-0.1, -0.05) is 36.4 Å². The summed E-state index contributed by atoms with van der Waals surface area (Å²) in [6, 6.07) is 21.2. The molecular weight excluding hydrogens is 530 g/mol. The number of phenolic OH excluding ortho intramolecular Hbond substituents is 1. The molecule has 0 atom stereocenters. The molecule has 0 bridgehead atoms. The standard InChI is InChI=1S/C33H31N5O4/c1-19-22(12-13-27(39)28(19)32(41)35-21-6-4-3-5-7-21)23-10-11-25(31(34)40)30-29(23)24-9-8-20(18-26(24)36-30)33(42)38-16-14-37(2)15-17-38/h3-13,18,36,39H,14-17H2,1-2H3,(H2,34,40)(H,35,41). The van der Waals surface area contributed by atoms with Gasteiger partial charge in [-0.05, 0) is 67.1 Å². The summed E-state index contributed by atoms with van der Waals surface area (Å²) in [6.45, 7) is 4.75. The van der Waals surface area contributed by atoms with Gasteiger partial charge in [0.25, 0.3) is 17.7 Å². The van der Waals surface area contributed by atoms with Crippen LogP contribution in [0.4, 0.5) is 5.69 Å². The number of rotatable bonds is 5. The van der Waals surface area contributed by atoms with Crippen molar-refractivity contribution in [2.45, 2.75) is 6.92 Å². The minimum Gasteiger partial charge on any atom is -0.507 e. The fourth-order valence-corrected chi connectivity index (χ4v) is 5.76. The summed E-state index contributed by atoms with van der Waals surface area (Å²) in [5, 5.41) is 15.1. The van der Waals surface area contributed by atoms with Crippen molar-refractivity contribution in [2.24, 2.45) is 5.73 Å². The molecule has 42 heavy (non-hydrogen) atoms. The Labute approximate surface area is 242 Å². The molecule has 0 saturated carbocycles. The highest BCUT2D eigenvalue weighted by molar-refractivity contribution is 6.21. The third-order valence-electron chi connectivity index (χ3n) is 8.05. The molecule has 212 valence electrons. The van der Waals surface area contributed by atoms with Gasteiger partial charge in [-0.3, -0.25) is 14.4 Å². The van der Waals surface area contributed by atoms with Crippen LogP contribution in [0.5, 0.6) is 5.75 Å². The van der Waals surface area contributed by atoms with Crippen molar-refractivity contribution in [3.8, 4) is 16.9 Å². The molecule has 0 radical (unpaired) electrons. The Morgan fingerprint density at radius 2 is 1.62 bits per heavy atom. The number of phenols is 1. The number of nitrogens with zero attached hydrogens (tertiary/aromatic N) is 2. The van der Waals surface area contributed by atoms with E-state index in [9.17, 15) is 19.5 Å². The number of hydrogen-bond donors (Lipinski definition) is 4. The number of nitrogens with two attached hydrogens (primary N) is 1. The van der Waals surface area contributed by atoms with Crippen molar-refractivity contribution in [1.29, 1.82) is 0 Å². The third kappa shape index (κ3) is 4.73. The second-order valence-corrected chi connectivity index (χ2v) is 10.7. The second kappa shape index (κ2) is 10.7. The number of benzene rings is 4. The van der Waals surface area contributed by atoms with Crippen LogP contribution in [-0.4, -0.2) is 70.8 Å². The Kier molecular flexibility index (Phi) is 6.88. The maximum absolute atomic E-state index is 13.3. The predicted molar refractivity (Wildman–Crippen MR) is 164 cm³/mol. The van der Waals surface area contributed by atoms with Crippen LogP contribution in [0.25, 0.3) is 32.9 Å². The largest absolute Gasteiger partial charge is 0.507 e. The zero-order valence-corrected chi connectivity index (χ0v) is 23.4. The molecule has 2 heterocycles. The van der Waals surface area contributed by atoms with E-state index >= 15 is 0 Å². The number of hydrogen-bond acceptors (Lipinski definition) is 5. The zero-order valence-electron chi connectivity index (χ0n) is 23.4. The van der Waals surface area contributed by atoms with E-state index in [0.29, 0.717) is 52.1 Å². The van der Waals surface area contributed by atoms with Crippen molar-refractivity contribution >= 4 is 45.2 Å². The lowest BCUT2D eigenvalue weighted by molar-refractivity contribution is 0.0664. The van der Waals surface area contributed by atoms with Crippen LogP contribution in [0, 0.1) is 6.92 Å². The van der Waals surface area contributed by atoms with Crippen LogP contribution in [0.2, 0.25) is 0 Å². The summed E-state index contributed by atoms with van der Waals surface area (Å²) in [5.41, 5.74) is 10.7. The van der Waals surface area contributed by atoms with Crippen molar-refractivity contribution in [3.05, 3.63) is 95.1 Å². The first-order valence-electron chi connectivity index (χ1n) is 13.8. The van der Waals surface area contributed by atoms with Crippen molar-refractivity contribution in [3.63, 3.8) is 0 Å². The molecule has 1 saturated heterocycles. The van der Waals surface area contributed by atoms with Crippen LogP contribution in [0.1, 0.15) is 36.6 Å². The van der Waals surface area contributed by atoms with E-state index in [1.165, 1.54) is 6.07 Å². The number of carbonyl (C=O) groups excluding carboxylic acids is 3. The molecule has 5 N–H and O–H groups in total. The summed E-state index contributed by atoms with van der Waals surface area (Å²) in [5.74, 6) is -1.20. The normalized spacial score (nSPS) is 13.9. The summed E-state index contributed by atoms with van der Waals surface area (Å²) in [6.07, 6.45) is 0. The van der Waals surface area contributed by atoms with E-state index in [2.05, 4.69) is 15.2 Å². The average molecular weight is 562 g/mol. The molecule has 9 nitrogen and oxygen atoms in total. The number of fused-ring (bicyclic) bond motifs is 3. The number of aromatic nitrogens is 1. The monoisotopic (exact) mass is 561 g/mol. The highest BCUT2D eigenvalue weighted by Gasteiger charge is 2.24. The fraction of sp³-hybridized carbons (Fsp3) is 0.182. The number of aromatic amines is 1. The number of piperazine rings is 1. The number of nitrogens with one attached hydrogen (secondary N) is 2. The van der Waals surface area contributed by atoms with Crippen LogP contribution in [0.3, 0.4) is 0 Å². The summed E-state index contributed by atoms with van der Waals surface area (Å²) in [7, 11) is 2.04. The number of primary amides is 1. The molecule has 1 aliphatic rings. The van der Waals surface area contributed by atoms with Gasteiger partial charge in [0, 0.05) is 53.7 Å². The van der Waals surface area contributed by atoms with E-state index in [0.717, 1.165) is 29.4 Å². The van der Waals surface area contributed by atoms with Crippen LogP contribution in [0.15, 0.2) is 72.8 Å². The van der Waals surface area contributed by atoms with Crippen molar-refractivity contribution in [2.75, 3.05) is 38.5 Å². The fourth-order valence-electron chi connectivity index (χ4n) is 5.76. The molecule has 0 aliphatic carbocycles. The maximum atomic E-state index is 13.3. The van der Waals surface area contributed by atoms with Crippen molar-refractivity contribution < 1.29 is 19.5 Å². The smallest absolute Gasteiger partial charge is 0.259 e. The van der Waals surface area contributed by atoms with Gasteiger partial charge in [0.05, 0.1) is 16.6 Å². The molecule has 0 unspecified atom stereocenters. The number of para-hydroxylation sites is 1. The van der Waals surface area contributed by atoms with Gasteiger partial charge in [0.2, 0.25) is 0 Å². The first kappa shape index (κ1) is 27.0. The molecule has 0 spiro atoms. The van der Waals surface area contributed by atoms with Gasteiger partial charge in [-0.15, -0.1) is 0 Å². The quantitative estimate of drug-likeness (QED) is 0.246. The van der Waals surface area contributed by atoms with Gasteiger partial charge >= 0.3 is 0 Å². The molecule has 3 amide bonds. The number of H-pyrrole nitrogens is 1. The number of carbonyl (C=O) groups is 3. The number of anilines is 1. The molecule has 9 heteroatoms. The summed E-state index contributed by atoms with van der Waals surface area (Å²) < 4.78 is 0. The minimum absolute atomic E-state index is 0.0394. The average Bonchev–Trinajstić information content (AvgIpc) is 3.36. The Morgan fingerprint density at radius 1 is 0.905 bits per heavy atom. The Bertz CT molecular complexity index is 1870. The maximum Gasteiger partial charge on any atom is 0.259 e. The Balaban J connectivity index is 1.47. The van der Waals surface area contributed by atoms with Gasteiger partial charge in [0.15, 0.2) is 0 Å². The van der Waals surface area contributed by atoms with Gasteiger partial charge in [0.1, 0.15) is 5.75 Å². The highest BCUT2D eigenvalue weighted by Crippen LogP contribution is 2.40. The van der Waals surface area contributed by atoms with E-state index in [1.807, 2.05) is 42.3 Å². The van der Waals surface area contributed by atoms with E-state index < -0.39 is 11.8 Å². The number of aromatic hydroxyl groups is 1. The minimum atomic E-state index is -0.586. The Morgan fingerprint density at radius 3 is 2.33 bits per heavy atom. The second-order valence-electron chi connectivity index (χ2n) is 10.7. The topological polar surface area (TPSA) is 132 Å². The molecule has 5 aromatic rings. The van der Waals surface area contributed by atoms with E-state index in [4.69, 9.17) is 5.73 Å². The highest BCUT2D eigenvalue weighted by atomic mass is 16.3. The van der Waals surface area contributed by atoms with Gasteiger partial charge < -0.3 is 30.9 Å². The van der Waals surface area contributed by atoms with Crippen LogP contribution < -0.4 is 11.1 Å². The first-order chi connectivity index (χ1) is 20.2. The zero-order chi connectivity index (χ0) is 29.5. The summed E-state index contributed by atoms with van der Waals surface area (Å²) in [4.78, 5) is 46.4. The first-order valence-corrected chi connectivity index (χ1v) is 13.8. The van der Waals surface area contributed by atoms with Crippen LogP contribution >= 0.6 is 0 Å². The lowest BCUT2D eigenvalue weighted by Crippen LogP contribution is -2.47. The van der Waals surface area contributed by atoms with Gasteiger partial charge in [-0.25, -0.2) is 0 Å². The number of likely N-dealkylation sites (N-methyl/N-ethyl adjacent to an activating group) is 1. The third-order valence-corrected chi connectivity index (χ3v) is 8.05. The molecule has 1 aromatic heterocycles. The molecule has 1 aliphatic heterocycles. The predicted octanol–water partition coefficient (Wildman–Crippen LogP) is 4.74.